The summed E-state index contributed by atoms with van der Waals surface area (Å²) < 4.78 is 0. The lowest BCUT2D eigenvalue weighted by Gasteiger charge is -2.14. The number of anilines is 1. The monoisotopic (exact) mass is 353 g/mol. The molecule has 1 heterocycles. The first-order valence-corrected chi connectivity index (χ1v) is 8.67. The number of hydrogen-bond donors (Lipinski definition) is 3. The van der Waals surface area contributed by atoms with Gasteiger partial charge in [-0.15, -0.1) is 0 Å². The van der Waals surface area contributed by atoms with Gasteiger partial charge in [0.15, 0.2) is 0 Å². The van der Waals surface area contributed by atoms with Crippen molar-refractivity contribution < 1.29 is 14.5 Å². The maximum absolute atomic E-state index is 12.4. The predicted octanol–water partition coefficient (Wildman–Crippen LogP) is 3.16. The SMILES string of the molecule is CCC1=CC(CNc2ccccc2C(=O)NOCc2ccccc2)ON1. The fourth-order valence-electron chi connectivity index (χ4n) is 2.59. The fourth-order valence-corrected chi connectivity index (χ4v) is 2.59. The summed E-state index contributed by atoms with van der Waals surface area (Å²) in [5, 5.41) is 3.26. The molecule has 2 aromatic rings. The van der Waals surface area contributed by atoms with E-state index in [9.17, 15) is 4.79 Å². The maximum Gasteiger partial charge on any atom is 0.276 e. The van der Waals surface area contributed by atoms with Crippen LogP contribution in [0, 0.1) is 0 Å². The number of para-hydroxylation sites is 1. The maximum atomic E-state index is 12.4. The lowest BCUT2D eigenvalue weighted by atomic mass is 10.1. The first-order chi connectivity index (χ1) is 12.8. The Balaban J connectivity index is 1.54. The number of rotatable bonds is 8. The Hall–Kier alpha value is -2.83. The van der Waals surface area contributed by atoms with E-state index in [0.29, 0.717) is 18.7 Å². The molecule has 0 aliphatic carbocycles. The van der Waals surface area contributed by atoms with E-state index < -0.39 is 0 Å². The third kappa shape index (κ3) is 4.84. The van der Waals surface area contributed by atoms with Gasteiger partial charge in [0.1, 0.15) is 6.10 Å². The second-order valence-corrected chi connectivity index (χ2v) is 5.94. The van der Waals surface area contributed by atoms with Crippen LogP contribution in [0.2, 0.25) is 0 Å². The van der Waals surface area contributed by atoms with Crippen LogP contribution in [0.3, 0.4) is 0 Å². The summed E-state index contributed by atoms with van der Waals surface area (Å²) in [6.45, 7) is 2.94. The van der Waals surface area contributed by atoms with E-state index in [1.807, 2.05) is 54.6 Å². The average molecular weight is 353 g/mol. The molecule has 1 unspecified atom stereocenters. The lowest BCUT2D eigenvalue weighted by molar-refractivity contribution is 0.0234. The van der Waals surface area contributed by atoms with E-state index in [1.165, 1.54) is 0 Å². The normalized spacial score (nSPS) is 15.9. The molecule has 3 N–H and O–H groups in total. The van der Waals surface area contributed by atoms with Crippen LogP contribution in [0.4, 0.5) is 5.69 Å². The van der Waals surface area contributed by atoms with Crippen LogP contribution in [-0.4, -0.2) is 18.6 Å². The van der Waals surface area contributed by atoms with Crippen LogP contribution in [0.5, 0.6) is 0 Å². The molecule has 0 saturated heterocycles. The third-order valence-corrected chi connectivity index (χ3v) is 4.02. The Bertz CT molecular complexity index is 762. The summed E-state index contributed by atoms with van der Waals surface area (Å²) in [6.07, 6.45) is 2.86. The van der Waals surface area contributed by atoms with E-state index in [0.717, 1.165) is 23.4 Å². The van der Waals surface area contributed by atoms with Crippen LogP contribution >= 0.6 is 0 Å². The Kier molecular flexibility index (Phi) is 6.24. The van der Waals surface area contributed by atoms with Gasteiger partial charge in [0.2, 0.25) is 0 Å². The van der Waals surface area contributed by atoms with Crippen molar-refractivity contribution in [2.45, 2.75) is 26.1 Å². The van der Waals surface area contributed by atoms with Crippen molar-refractivity contribution in [3.8, 4) is 0 Å². The van der Waals surface area contributed by atoms with Crippen molar-refractivity contribution in [2.75, 3.05) is 11.9 Å². The van der Waals surface area contributed by atoms with Gasteiger partial charge in [0.05, 0.1) is 12.2 Å². The van der Waals surface area contributed by atoms with Crippen molar-refractivity contribution in [1.29, 1.82) is 0 Å². The van der Waals surface area contributed by atoms with Gasteiger partial charge in [-0.3, -0.25) is 19.9 Å². The summed E-state index contributed by atoms with van der Waals surface area (Å²) in [6, 6.07) is 17.0. The minimum atomic E-state index is -0.292. The summed E-state index contributed by atoms with van der Waals surface area (Å²) in [5.74, 6) is -0.292. The summed E-state index contributed by atoms with van der Waals surface area (Å²) >= 11 is 0. The van der Waals surface area contributed by atoms with Crippen molar-refractivity contribution >= 4 is 11.6 Å². The van der Waals surface area contributed by atoms with Crippen LogP contribution in [0.15, 0.2) is 66.4 Å². The smallest absolute Gasteiger partial charge is 0.276 e. The van der Waals surface area contributed by atoms with E-state index >= 15 is 0 Å². The quantitative estimate of drug-likeness (QED) is 0.636. The highest BCUT2D eigenvalue weighted by Crippen LogP contribution is 2.17. The number of hydroxylamine groups is 2. The molecule has 0 fully saturated rings. The molecule has 3 rings (SSSR count). The van der Waals surface area contributed by atoms with Gasteiger partial charge in [-0.05, 0) is 30.2 Å². The number of carbonyl (C=O) groups excluding carboxylic acids is 1. The molecular formula is C20H23N3O3. The Morgan fingerprint density at radius 2 is 1.92 bits per heavy atom. The minimum Gasteiger partial charge on any atom is -0.381 e. The summed E-state index contributed by atoms with van der Waals surface area (Å²) in [5.41, 5.74) is 8.70. The van der Waals surface area contributed by atoms with Crippen LogP contribution < -0.4 is 16.3 Å². The van der Waals surface area contributed by atoms with Gasteiger partial charge in [-0.1, -0.05) is 49.4 Å². The van der Waals surface area contributed by atoms with Crippen LogP contribution in [0.1, 0.15) is 29.3 Å². The second-order valence-electron chi connectivity index (χ2n) is 5.94. The predicted molar refractivity (Wildman–Crippen MR) is 100 cm³/mol. The third-order valence-electron chi connectivity index (χ3n) is 4.02. The number of hydrogen-bond acceptors (Lipinski definition) is 5. The molecule has 0 radical (unpaired) electrons. The van der Waals surface area contributed by atoms with E-state index in [1.54, 1.807) is 6.07 Å². The highest BCUT2D eigenvalue weighted by Gasteiger charge is 2.16. The number of carbonyl (C=O) groups is 1. The summed E-state index contributed by atoms with van der Waals surface area (Å²) in [7, 11) is 0. The molecular weight excluding hydrogens is 330 g/mol. The van der Waals surface area contributed by atoms with Crippen molar-refractivity contribution in [3.05, 3.63) is 77.5 Å². The van der Waals surface area contributed by atoms with Crippen molar-refractivity contribution in [2.24, 2.45) is 0 Å². The van der Waals surface area contributed by atoms with Gasteiger partial charge in [-0.2, -0.15) is 0 Å². The number of allylic oxidation sites excluding steroid dienone is 1. The minimum absolute atomic E-state index is 0.0737. The zero-order chi connectivity index (χ0) is 18.2. The van der Waals surface area contributed by atoms with Gasteiger partial charge in [-0.25, -0.2) is 5.48 Å². The molecule has 26 heavy (non-hydrogen) atoms. The molecule has 2 aromatic carbocycles. The zero-order valence-corrected chi connectivity index (χ0v) is 14.7. The van der Waals surface area contributed by atoms with E-state index in [2.05, 4.69) is 23.2 Å². The molecule has 136 valence electrons. The Labute approximate surface area is 153 Å². The molecule has 0 saturated carbocycles. The Morgan fingerprint density at radius 1 is 1.15 bits per heavy atom. The second kappa shape index (κ2) is 9.03. The van der Waals surface area contributed by atoms with Gasteiger partial charge < -0.3 is 5.32 Å². The van der Waals surface area contributed by atoms with Crippen molar-refractivity contribution in [1.82, 2.24) is 11.0 Å². The van der Waals surface area contributed by atoms with Crippen LogP contribution in [0.25, 0.3) is 0 Å². The zero-order valence-electron chi connectivity index (χ0n) is 14.7. The van der Waals surface area contributed by atoms with Gasteiger partial charge in [0, 0.05) is 17.9 Å². The topological polar surface area (TPSA) is 71.6 Å². The number of benzene rings is 2. The van der Waals surface area contributed by atoms with Gasteiger partial charge >= 0.3 is 0 Å². The molecule has 6 heteroatoms. The molecule has 1 aliphatic rings. The highest BCUT2D eigenvalue weighted by molar-refractivity contribution is 5.99. The molecule has 1 amide bonds. The molecule has 0 bridgehead atoms. The number of nitrogens with one attached hydrogen (secondary N) is 3. The first kappa shape index (κ1) is 18.0. The Morgan fingerprint density at radius 3 is 2.69 bits per heavy atom. The molecule has 1 atom stereocenters. The largest absolute Gasteiger partial charge is 0.381 e. The molecule has 0 spiro atoms. The van der Waals surface area contributed by atoms with Crippen molar-refractivity contribution in [3.63, 3.8) is 0 Å². The summed E-state index contributed by atoms with van der Waals surface area (Å²) in [4.78, 5) is 23.2. The molecule has 6 nitrogen and oxygen atoms in total. The van der Waals surface area contributed by atoms with E-state index in [4.69, 9.17) is 9.68 Å². The standard InChI is InChI=1S/C20H23N3O3/c1-2-16-12-17(26-22-16)13-21-19-11-7-6-10-18(19)20(24)23-25-14-15-8-4-3-5-9-15/h3-12,17,21-22H,2,13-14H2,1H3,(H,23,24). The van der Waals surface area contributed by atoms with E-state index in [-0.39, 0.29) is 12.0 Å². The molecule has 0 aromatic heterocycles. The van der Waals surface area contributed by atoms with Crippen LogP contribution in [-0.2, 0) is 16.3 Å². The lowest BCUT2D eigenvalue weighted by Crippen LogP contribution is -2.26. The first-order valence-electron chi connectivity index (χ1n) is 8.67. The fraction of sp³-hybridized carbons (Fsp3) is 0.250. The highest BCUT2D eigenvalue weighted by atomic mass is 16.7. The molecule has 1 aliphatic heterocycles. The van der Waals surface area contributed by atoms with Gasteiger partial charge in [0.25, 0.3) is 5.91 Å². The number of amides is 1. The average Bonchev–Trinajstić information content (AvgIpc) is 3.15.